The Morgan fingerprint density at radius 2 is 2.05 bits per heavy atom. The van der Waals surface area contributed by atoms with Gasteiger partial charge in [0.15, 0.2) is 6.61 Å². The van der Waals surface area contributed by atoms with Crippen LogP contribution in [0.3, 0.4) is 0 Å². The molecule has 0 radical (unpaired) electrons. The summed E-state index contributed by atoms with van der Waals surface area (Å²) in [6.45, 7) is -0.430. The van der Waals surface area contributed by atoms with Gasteiger partial charge >= 0.3 is 0 Å². The van der Waals surface area contributed by atoms with Crippen LogP contribution < -0.4 is 10.1 Å². The van der Waals surface area contributed by atoms with E-state index in [1.807, 2.05) is 0 Å². The molecule has 0 saturated heterocycles. The van der Waals surface area contributed by atoms with E-state index in [1.54, 1.807) is 24.3 Å². The molecule has 2 N–H and O–H groups in total. The first-order chi connectivity index (χ1) is 10.1. The fraction of sp³-hybridized carbons (Fsp3) is 0.133. The molecule has 2 aromatic rings. The maximum Gasteiger partial charge on any atom is 0.262 e. The van der Waals surface area contributed by atoms with Gasteiger partial charge in [-0.1, -0.05) is 29.8 Å². The number of halogens is 2. The molecule has 4 nitrogen and oxygen atoms in total. The Balaban J connectivity index is 1.94. The fourth-order valence-corrected chi connectivity index (χ4v) is 1.91. The number of hydrogen-bond acceptors (Lipinski definition) is 3. The summed E-state index contributed by atoms with van der Waals surface area (Å²) in [5.74, 6) is -0.698. The summed E-state index contributed by atoms with van der Waals surface area (Å²) in [7, 11) is 0. The predicted octanol–water partition coefficient (Wildman–Crippen LogP) is 2.99. The summed E-state index contributed by atoms with van der Waals surface area (Å²) in [4.78, 5) is 11.7. The van der Waals surface area contributed by atoms with Gasteiger partial charge in [0, 0.05) is 0 Å². The van der Waals surface area contributed by atoms with Crippen LogP contribution in [0.25, 0.3) is 0 Å². The molecule has 1 amide bonds. The number of para-hydroxylation sites is 1. The van der Waals surface area contributed by atoms with Crippen molar-refractivity contribution < 1.29 is 19.0 Å². The van der Waals surface area contributed by atoms with Gasteiger partial charge in [0.1, 0.15) is 11.6 Å². The molecule has 2 aromatic carbocycles. The van der Waals surface area contributed by atoms with Crippen LogP contribution >= 0.6 is 11.6 Å². The molecule has 0 aromatic heterocycles. The highest BCUT2D eigenvalue weighted by Gasteiger charge is 2.09. The number of aliphatic hydroxyl groups excluding tert-OH is 1. The Labute approximate surface area is 126 Å². The zero-order valence-electron chi connectivity index (χ0n) is 11.0. The van der Waals surface area contributed by atoms with Gasteiger partial charge in [0.25, 0.3) is 5.91 Å². The highest BCUT2D eigenvalue weighted by atomic mass is 35.5. The summed E-state index contributed by atoms with van der Waals surface area (Å²) in [5, 5.41) is 11.7. The van der Waals surface area contributed by atoms with Crippen LogP contribution in [-0.2, 0) is 11.4 Å². The summed E-state index contributed by atoms with van der Waals surface area (Å²) < 4.78 is 18.6. The van der Waals surface area contributed by atoms with E-state index in [0.29, 0.717) is 16.3 Å². The summed E-state index contributed by atoms with van der Waals surface area (Å²) in [6, 6.07) is 10.6. The predicted molar refractivity (Wildman–Crippen MR) is 77.9 cm³/mol. The highest BCUT2D eigenvalue weighted by molar-refractivity contribution is 6.32. The van der Waals surface area contributed by atoms with Crippen molar-refractivity contribution >= 4 is 23.2 Å². The van der Waals surface area contributed by atoms with Crippen LogP contribution in [0.4, 0.5) is 10.1 Å². The minimum atomic E-state index is -0.517. The summed E-state index contributed by atoms with van der Waals surface area (Å²) in [5.41, 5.74) is 0.732. The van der Waals surface area contributed by atoms with Crippen LogP contribution in [-0.4, -0.2) is 17.6 Å². The standard InChI is InChI=1S/C15H13ClFNO3/c16-11-7-10(8-19)5-6-14(11)21-9-15(20)18-13-4-2-1-3-12(13)17/h1-7,19H,8-9H2,(H,18,20). The number of aliphatic hydroxyl groups is 1. The molecule has 0 spiro atoms. The van der Waals surface area contributed by atoms with E-state index in [4.69, 9.17) is 21.4 Å². The van der Waals surface area contributed by atoms with E-state index in [0.717, 1.165) is 0 Å². The quantitative estimate of drug-likeness (QED) is 0.892. The first kappa shape index (κ1) is 15.3. The van der Waals surface area contributed by atoms with E-state index in [1.165, 1.54) is 18.2 Å². The highest BCUT2D eigenvalue weighted by Crippen LogP contribution is 2.25. The molecule has 0 heterocycles. The smallest absolute Gasteiger partial charge is 0.262 e. The zero-order chi connectivity index (χ0) is 15.2. The minimum Gasteiger partial charge on any atom is -0.482 e. The van der Waals surface area contributed by atoms with Crippen LogP contribution in [0.15, 0.2) is 42.5 Å². The van der Waals surface area contributed by atoms with Gasteiger partial charge in [-0.25, -0.2) is 4.39 Å². The molecule has 110 valence electrons. The van der Waals surface area contributed by atoms with Gasteiger partial charge in [-0.15, -0.1) is 0 Å². The molecule has 0 aliphatic heterocycles. The monoisotopic (exact) mass is 309 g/mol. The second-order valence-electron chi connectivity index (χ2n) is 4.24. The largest absolute Gasteiger partial charge is 0.482 e. The van der Waals surface area contributed by atoms with Crippen LogP contribution in [0.5, 0.6) is 5.75 Å². The van der Waals surface area contributed by atoms with Gasteiger partial charge in [-0.2, -0.15) is 0 Å². The molecule has 0 fully saturated rings. The third kappa shape index (κ3) is 4.18. The first-order valence-electron chi connectivity index (χ1n) is 6.16. The average molecular weight is 310 g/mol. The lowest BCUT2D eigenvalue weighted by atomic mass is 10.2. The zero-order valence-corrected chi connectivity index (χ0v) is 11.7. The molecule has 0 aliphatic carbocycles. The maximum absolute atomic E-state index is 13.4. The van der Waals surface area contributed by atoms with Gasteiger partial charge in [0.05, 0.1) is 17.3 Å². The molecule has 0 bridgehead atoms. The Kier molecular flexibility index (Phi) is 5.14. The van der Waals surface area contributed by atoms with Crippen LogP contribution in [0.1, 0.15) is 5.56 Å². The van der Waals surface area contributed by atoms with E-state index in [9.17, 15) is 9.18 Å². The number of carbonyl (C=O) groups is 1. The Hall–Kier alpha value is -2.11. The third-order valence-electron chi connectivity index (χ3n) is 2.69. The lowest BCUT2D eigenvalue weighted by Gasteiger charge is -2.10. The maximum atomic E-state index is 13.4. The van der Waals surface area contributed by atoms with Gasteiger partial charge in [0.2, 0.25) is 0 Å². The summed E-state index contributed by atoms with van der Waals surface area (Å²) in [6.07, 6.45) is 0. The Morgan fingerprint density at radius 1 is 1.29 bits per heavy atom. The number of amides is 1. The number of rotatable bonds is 5. The van der Waals surface area contributed by atoms with Crippen molar-refractivity contribution in [2.45, 2.75) is 6.61 Å². The van der Waals surface area contributed by atoms with Crippen molar-refractivity contribution in [2.75, 3.05) is 11.9 Å². The molecule has 21 heavy (non-hydrogen) atoms. The first-order valence-corrected chi connectivity index (χ1v) is 6.54. The molecule has 6 heteroatoms. The van der Waals surface area contributed by atoms with E-state index in [-0.39, 0.29) is 18.9 Å². The van der Waals surface area contributed by atoms with Crippen molar-refractivity contribution in [1.82, 2.24) is 0 Å². The SMILES string of the molecule is O=C(COc1ccc(CO)cc1Cl)Nc1ccccc1F. The van der Waals surface area contributed by atoms with E-state index in [2.05, 4.69) is 5.32 Å². The Morgan fingerprint density at radius 3 is 2.71 bits per heavy atom. The van der Waals surface area contributed by atoms with Crippen molar-refractivity contribution in [3.8, 4) is 5.75 Å². The molecule has 0 saturated carbocycles. The van der Waals surface area contributed by atoms with Crippen molar-refractivity contribution in [3.63, 3.8) is 0 Å². The normalized spacial score (nSPS) is 10.2. The lowest BCUT2D eigenvalue weighted by molar-refractivity contribution is -0.118. The average Bonchev–Trinajstić information content (AvgIpc) is 2.48. The molecular formula is C15H13ClFNO3. The second-order valence-corrected chi connectivity index (χ2v) is 4.65. The number of ether oxygens (including phenoxy) is 1. The van der Waals surface area contributed by atoms with Crippen LogP contribution in [0, 0.1) is 5.82 Å². The molecular weight excluding hydrogens is 297 g/mol. The number of anilines is 1. The molecule has 0 atom stereocenters. The number of hydrogen-bond donors (Lipinski definition) is 2. The van der Waals surface area contributed by atoms with Gasteiger partial charge in [-0.05, 0) is 29.8 Å². The molecule has 2 rings (SSSR count). The fourth-order valence-electron chi connectivity index (χ4n) is 1.65. The molecule has 0 aliphatic rings. The topological polar surface area (TPSA) is 58.6 Å². The van der Waals surface area contributed by atoms with Crippen molar-refractivity contribution in [3.05, 3.63) is 58.9 Å². The van der Waals surface area contributed by atoms with Crippen molar-refractivity contribution in [2.24, 2.45) is 0 Å². The van der Waals surface area contributed by atoms with E-state index >= 15 is 0 Å². The van der Waals surface area contributed by atoms with Gasteiger partial charge < -0.3 is 15.2 Å². The number of nitrogens with one attached hydrogen (secondary N) is 1. The lowest BCUT2D eigenvalue weighted by Crippen LogP contribution is -2.20. The minimum absolute atomic E-state index is 0.0906. The number of benzene rings is 2. The van der Waals surface area contributed by atoms with E-state index < -0.39 is 11.7 Å². The molecule has 0 unspecified atom stereocenters. The van der Waals surface area contributed by atoms with Gasteiger partial charge in [-0.3, -0.25) is 4.79 Å². The van der Waals surface area contributed by atoms with Crippen molar-refractivity contribution in [1.29, 1.82) is 0 Å². The Bertz CT molecular complexity index is 649. The third-order valence-corrected chi connectivity index (χ3v) is 2.98. The second kappa shape index (κ2) is 7.06. The summed E-state index contributed by atoms with van der Waals surface area (Å²) >= 11 is 5.95. The van der Waals surface area contributed by atoms with Crippen LogP contribution in [0.2, 0.25) is 5.02 Å². The number of carbonyl (C=O) groups excluding carboxylic acids is 1.